The van der Waals surface area contributed by atoms with Crippen LogP contribution < -0.4 is 0 Å². The normalized spacial score (nSPS) is 19.1. The number of hydrogen-bond donors (Lipinski definition) is 0. The smallest absolute Gasteiger partial charge is 0.410 e. The lowest BCUT2D eigenvalue weighted by molar-refractivity contribution is -0.0639. The second kappa shape index (κ2) is 6.40. The van der Waals surface area contributed by atoms with Crippen LogP contribution in [-0.4, -0.2) is 41.0 Å². The summed E-state index contributed by atoms with van der Waals surface area (Å²) >= 11 is 0. The van der Waals surface area contributed by atoms with E-state index in [1.807, 2.05) is 32.9 Å². The number of hydrogen-bond acceptors (Lipinski definition) is 5. The zero-order chi connectivity index (χ0) is 18.1. The molecule has 2 aliphatic rings. The van der Waals surface area contributed by atoms with Gasteiger partial charge in [0.05, 0.1) is 17.3 Å². The molecule has 0 unspecified atom stereocenters. The van der Waals surface area contributed by atoms with Crippen molar-refractivity contribution in [3.05, 3.63) is 35.4 Å². The number of oxime groups is 1. The lowest BCUT2D eigenvalue weighted by Gasteiger charge is -2.37. The molecule has 6 heteroatoms. The first-order chi connectivity index (χ1) is 11.8. The quantitative estimate of drug-likeness (QED) is 0.784. The first-order valence-corrected chi connectivity index (χ1v) is 8.54. The number of benzene rings is 1. The highest BCUT2D eigenvalue weighted by molar-refractivity contribution is 6.01. The topological polar surface area (TPSA) is 74.9 Å². The number of amides is 1. The van der Waals surface area contributed by atoms with E-state index in [-0.39, 0.29) is 11.7 Å². The van der Waals surface area contributed by atoms with E-state index in [1.165, 1.54) is 0 Å². The monoisotopic (exact) mass is 341 g/mol. The van der Waals surface area contributed by atoms with Crippen LogP contribution in [0.5, 0.6) is 0 Å². The van der Waals surface area contributed by atoms with Gasteiger partial charge in [0.15, 0.2) is 0 Å². The summed E-state index contributed by atoms with van der Waals surface area (Å²) in [5.41, 5.74) is 1.69. The Bertz CT molecular complexity index is 718. The first kappa shape index (κ1) is 17.3. The molecular formula is C19H23N3O3. The van der Waals surface area contributed by atoms with Gasteiger partial charge in [-0.05, 0) is 38.5 Å². The minimum absolute atomic E-state index is 0.270. The van der Waals surface area contributed by atoms with Crippen LogP contribution in [0, 0.1) is 11.3 Å². The molecule has 2 heterocycles. The lowest BCUT2D eigenvalue weighted by Crippen LogP contribution is -2.48. The molecule has 1 amide bonds. The van der Waals surface area contributed by atoms with Crippen molar-refractivity contribution in [2.45, 2.75) is 51.2 Å². The highest BCUT2D eigenvalue weighted by Gasteiger charge is 2.43. The molecular weight excluding hydrogens is 318 g/mol. The molecule has 6 nitrogen and oxygen atoms in total. The highest BCUT2D eigenvalue weighted by atomic mass is 16.7. The van der Waals surface area contributed by atoms with Crippen molar-refractivity contribution in [1.29, 1.82) is 5.26 Å². The molecule has 1 aromatic rings. The van der Waals surface area contributed by atoms with Crippen LogP contribution in [0.25, 0.3) is 0 Å². The number of carbonyl (C=O) groups excluding carboxylic acids is 1. The van der Waals surface area contributed by atoms with Crippen LogP contribution in [-0.2, 0) is 9.57 Å². The third-order valence-electron chi connectivity index (χ3n) is 4.51. The molecule has 1 spiro atoms. The second-order valence-electron chi connectivity index (χ2n) is 7.65. The van der Waals surface area contributed by atoms with E-state index in [0.29, 0.717) is 18.7 Å². The Hall–Kier alpha value is -2.55. The molecule has 0 aromatic heterocycles. The summed E-state index contributed by atoms with van der Waals surface area (Å²) in [6.07, 6.45) is 1.92. The Kier molecular flexibility index (Phi) is 4.42. The summed E-state index contributed by atoms with van der Waals surface area (Å²) in [7, 11) is 0. The van der Waals surface area contributed by atoms with E-state index in [4.69, 9.17) is 14.8 Å². The van der Waals surface area contributed by atoms with Gasteiger partial charge in [-0.3, -0.25) is 0 Å². The van der Waals surface area contributed by atoms with Gasteiger partial charge in [0.25, 0.3) is 0 Å². The number of nitrogens with zero attached hydrogens (tertiary/aromatic N) is 3. The van der Waals surface area contributed by atoms with Crippen molar-refractivity contribution < 1.29 is 14.4 Å². The Morgan fingerprint density at radius 3 is 2.48 bits per heavy atom. The summed E-state index contributed by atoms with van der Waals surface area (Å²) < 4.78 is 5.43. The van der Waals surface area contributed by atoms with Gasteiger partial charge in [-0.2, -0.15) is 5.26 Å². The minimum atomic E-state index is -0.484. The number of piperidine rings is 1. The Morgan fingerprint density at radius 2 is 1.92 bits per heavy atom. The second-order valence-corrected chi connectivity index (χ2v) is 7.65. The van der Waals surface area contributed by atoms with Gasteiger partial charge < -0.3 is 14.5 Å². The fraction of sp³-hybridized carbons (Fsp3) is 0.526. The minimum Gasteiger partial charge on any atom is -0.444 e. The summed E-state index contributed by atoms with van der Waals surface area (Å²) in [6, 6.07) is 9.48. The first-order valence-electron chi connectivity index (χ1n) is 8.54. The molecule has 0 N–H and O–H groups in total. The van der Waals surface area contributed by atoms with E-state index in [0.717, 1.165) is 30.5 Å². The van der Waals surface area contributed by atoms with E-state index in [2.05, 4.69) is 11.2 Å². The van der Waals surface area contributed by atoms with Crippen molar-refractivity contribution in [3.8, 4) is 6.07 Å². The largest absolute Gasteiger partial charge is 0.444 e. The maximum Gasteiger partial charge on any atom is 0.410 e. The summed E-state index contributed by atoms with van der Waals surface area (Å²) in [4.78, 5) is 19.7. The van der Waals surface area contributed by atoms with Crippen molar-refractivity contribution in [1.82, 2.24) is 4.90 Å². The van der Waals surface area contributed by atoms with Gasteiger partial charge in [0, 0.05) is 32.4 Å². The number of nitriles is 1. The number of carbonyl (C=O) groups is 1. The molecule has 25 heavy (non-hydrogen) atoms. The molecule has 132 valence electrons. The van der Waals surface area contributed by atoms with Gasteiger partial charge in [-0.25, -0.2) is 4.79 Å². The predicted octanol–water partition coefficient (Wildman–Crippen LogP) is 3.45. The van der Waals surface area contributed by atoms with Gasteiger partial charge in [-0.1, -0.05) is 17.3 Å². The lowest BCUT2D eigenvalue weighted by atomic mass is 9.85. The van der Waals surface area contributed by atoms with Crippen LogP contribution in [0.4, 0.5) is 4.79 Å². The maximum atomic E-state index is 12.2. The fourth-order valence-corrected chi connectivity index (χ4v) is 3.10. The molecule has 0 aliphatic carbocycles. The zero-order valence-corrected chi connectivity index (χ0v) is 14.9. The van der Waals surface area contributed by atoms with Crippen LogP contribution in [0.15, 0.2) is 29.4 Å². The summed E-state index contributed by atoms with van der Waals surface area (Å²) in [6.45, 7) is 6.81. The summed E-state index contributed by atoms with van der Waals surface area (Å²) in [5.74, 6) is 0. The van der Waals surface area contributed by atoms with Gasteiger partial charge in [0.2, 0.25) is 0 Å². The van der Waals surface area contributed by atoms with E-state index >= 15 is 0 Å². The van der Waals surface area contributed by atoms with Gasteiger partial charge in [-0.15, -0.1) is 0 Å². The van der Waals surface area contributed by atoms with Gasteiger partial charge >= 0.3 is 6.09 Å². The SMILES string of the molecule is CC(C)(C)OC(=O)N1CCC2(CC1)CC(c1ccc(C#N)cc1)=NO2. The van der Waals surface area contributed by atoms with E-state index < -0.39 is 5.60 Å². The molecule has 0 atom stereocenters. The van der Waals surface area contributed by atoms with Crippen LogP contribution in [0.1, 0.15) is 51.2 Å². The fourth-order valence-electron chi connectivity index (χ4n) is 3.10. The average Bonchev–Trinajstić information content (AvgIpc) is 2.98. The van der Waals surface area contributed by atoms with Crippen molar-refractivity contribution in [2.24, 2.45) is 5.16 Å². The van der Waals surface area contributed by atoms with Crippen molar-refractivity contribution in [2.75, 3.05) is 13.1 Å². The molecule has 1 fully saturated rings. The summed E-state index contributed by atoms with van der Waals surface area (Å²) in [5, 5.41) is 13.2. The standard InChI is InChI=1S/C19H23N3O3/c1-18(2,3)24-17(23)22-10-8-19(9-11-22)12-16(21-25-19)15-6-4-14(13-20)5-7-15/h4-7H,8-12H2,1-3H3. The third kappa shape index (κ3) is 3.93. The third-order valence-corrected chi connectivity index (χ3v) is 4.51. The molecule has 2 aliphatic heterocycles. The highest BCUT2D eigenvalue weighted by Crippen LogP contribution is 2.36. The number of rotatable bonds is 1. The van der Waals surface area contributed by atoms with Crippen LogP contribution in [0.3, 0.4) is 0 Å². The predicted molar refractivity (Wildman–Crippen MR) is 93.2 cm³/mol. The molecule has 0 radical (unpaired) electrons. The molecule has 1 saturated heterocycles. The molecule has 1 aromatic carbocycles. The Balaban J connectivity index is 1.58. The maximum absolute atomic E-state index is 12.2. The average molecular weight is 341 g/mol. The van der Waals surface area contributed by atoms with Crippen molar-refractivity contribution >= 4 is 11.8 Å². The Labute approximate surface area is 148 Å². The van der Waals surface area contributed by atoms with Gasteiger partial charge in [0.1, 0.15) is 11.2 Å². The number of ether oxygens (including phenoxy) is 1. The molecule has 3 rings (SSSR count). The zero-order valence-electron chi connectivity index (χ0n) is 14.9. The number of likely N-dealkylation sites (tertiary alicyclic amines) is 1. The van der Waals surface area contributed by atoms with Crippen molar-refractivity contribution in [3.63, 3.8) is 0 Å². The van der Waals surface area contributed by atoms with Crippen LogP contribution in [0.2, 0.25) is 0 Å². The van der Waals surface area contributed by atoms with E-state index in [1.54, 1.807) is 17.0 Å². The molecule has 0 saturated carbocycles. The van der Waals surface area contributed by atoms with Crippen LogP contribution >= 0.6 is 0 Å². The molecule has 0 bridgehead atoms. The van der Waals surface area contributed by atoms with E-state index in [9.17, 15) is 4.79 Å². The Morgan fingerprint density at radius 1 is 1.28 bits per heavy atom.